The van der Waals surface area contributed by atoms with Crippen LogP contribution in [0.4, 0.5) is 0 Å². The Balaban J connectivity index is 0.00000112. The van der Waals surface area contributed by atoms with E-state index in [1.807, 2.05) is 24.3 Å². The summed E-state index contributed by atoms with van der Waals surface area (Å²) in [5, 5.41) is 1.62. The van der Waals surface area contributed by atoms with Gasteiger partial charge in [0.2, 0.25) is 0 Å². The van der Waals surface area contributed by atoms with E-state index in [4.69, 9.17) is 0 Å². The standard InChI is InChI=1S/C12H8OP.2Rf/c13-14(11-7-3-1-4-8-11)12-9-5-2-6-10-12;;/h1-3,5,7-10H;;/q-1;;. The monoisotopic (exact) mass is 733 g/mol. The molecule has 0 heterocycles. The summed E-state index contributed by atoms with van der Waals surface area (Å²) in [6, 6.07) is 20.3. The van der Waals surface area contributed by atoms with Gasteiger partial charge in [-0.2, -0.15) is 36.4 Å². The fraction of sp³-hybridized carbons (Fsp3) is 0. The molecule has 2 aromatic carbocycles. The zero-order valence-electron chi connectivity index (χ0n) is 8.89. The van der Waals surface area contributed by atoms with E-state index in [0.717, 1.165) is 10.6 Å². The maximum Gasteiger partial charge on any atom is 0.299 e. The molecule has 0 saturated carbocycles. The molecule has 0 aliphatic carbocycles. The zero-order chi connectivity index (χ0) is 9.80. The molecule has 2 rings (SSSR count). The Morgan fingerprint density at radius 3 is 1.62 bits per heavy atom. The van der Waals surface area contributed by atoms with Crippen molar-refractivity contribution < 1.29 is 4.57 Å². The molecule has 0 aromatic heterocycles. The molecule has 0 atom stereocenters. The second-order valence-corrected chi connectivity index (χ2v) is 4.44. The van der Waals surface area contributed by atoms with Crippen molar-refractivity contribution in [2.24, 2.45) is 0 Å². The van der Waals surface area contributed by atoms with E-state index in [1.165, 1.54) is 0 Å². The Kier molecular flexibility index (Phi) is 4.16. The average Bonchev–Trinajstić information content (AvgIpc) is 2.30. The van der Waals surface area contributed by atoms with Crippen LogP contribution in [-0.4, -0.2) is 0 Å². The molecule has 4 heteroatoms. The van der Waals surface area contributed by atoms with Gasteiger partial charge in [-0.3, -0.25) is 0 Å². The molecule has 0 N–H and O–H groups in total. The maximum atomic E-state index is 12.0. The Morgan fingerprint density at radius 2 is 1.31 bits per heavy atom. The van der Waals surface area contributed by atoms with E-state index in [2.05, 4.69) is 12.1 Å². The average molecular weight is 733 g/mol. The van der Waals surface area contributed by atoms with E-state index < -0.39 is 7.80 Å². The second-order valence-electron chi connectivity index (χ2n) is 2.82. The largest absolute Gasteiger partial charge is 0.299 e. The number of hydrogen-bond donors (Lipinski definition) is 0. The summed E-state index contributed by atoms with van der Waals surface area (Å²) >= 11 is 0. The Hall–Kier alpha value is -3.46. The molecule has 0 saturated heterocycles. The third-order valence-corrected chi connectivity index (χ3v) is 3.34. The van der Waals surface area contributed by atoms with Crippen LogP contribution in [0.25, 0.3) is 0 Å². The Bertz CT molecular complexity index is 390. The molecule has 0 fully saturated rings. The van der Waals surface area contributed by atoms with Crippen LogP contribution in [0.15, 0.2) is 48.5 Å². The van der Waals surface area contributed by atoms with Crippen molar-refractivity contribution in [2.75, 3.05) is 0 Å². The quantitative estimate of drug-likeness (QED) is 0.342. The van der Waals surface area contributed by atoms with Gasteiger partial charge in [-0.1, -0.05) is 4.57 Å². The summed E-state index contributed by atoms with van der Waals surface area (Å²) in [5.41, 5.74) is 0. The minimum atomic E-state index is -1.48. The Morgan fingerprint density at radius 1 is 0.875 bits per heavy atom. The van der Waals surface area contributed by atoms with Gasteiger partial charge in [-0.05, 0) is 0 Å². The molecule has 0 bridgehead atoms. The van der Waals surface area contributed by atoms with Crippen LogP contribution in [0.5, 0.6) is 0 Å². The number of hydrogen-bond acceptors (Lipinski definition) is 1. The predicted molar refractivity (Wildman–Crippen MR) is 57.4 cm³/mol. The fourth-order valence-electron chi connectivity index (χ4n) is 1.17. The van der Waals surface area contributed by atoms with Gasteiger partial charge >= 0.3 is 0 Å². The molecule has 1 nitrogen and oxygen atoms in total. The van der Waals surface area contributed by atoms with Crippen LogP contribution < -0.4 is 10.6 Å². The van der Waals surface area contributed by atoms with Gasteiger partial charge in [0, 0.05) is 0 Å². The summed E-state index contributed by atoms with van der Waals surface area (Å²) in [4.78, 5) is 0. The van der Waals surface area contributed by atoms with E-state index in [9.17, 15) is 4.57 Å². The second kappa shape index (κ2) is 5.31. The van der Waals surface area contributed by atoms with Crippen LogP contribution in [-0.2, 0) is 4.57 Å². The molecule has 0 amide bonds. The first kappa shape index (κ1) is 12.5. The molecule has 0 radical (unpaired) electrons. The molecule has 2 aromatic rings. The normalized spacial score (nSPS) is 8.50. The van der Waals surface area contributed by atoms with Crippen LogP contribution in [0.1, 0.15) is 0 Å². The van der Waals surface area contributed by atoms with Gasteiger partial charge in [-0.25, -0.2) is 0 Å². The third-order valence-electron chi connectivity index (χ3n) is 1.85. The summed E-state index contributed by atoms with van der Waals surface area (Å²) in [6.07, 6.45) is 0. The van der Waals surface area contributed by atoms with Crippen LogP contribution in [0, 0.1) is 12.1 Å². The first-order valence-electron chi connectivity index (χ1n) is 4.27. The van der Waals surface area contributed by atoms with Crippen molar-refractivity contribution in [3.05, 3.63) is 60.7 Å². The van der Waals surface area contributed by atoms with E-state index in [1.54, 1.807) is 24.3 Å². The molecule has 0 unspecified atom stereocenters. The van der Waals surface area contributed by atoms with Gasteiger partial charge < -0.3 is 0 Å². The molecule has 0 aliphatic rings. The molecular formula is C12H8OPRf2-. The van der Waals surface area contributed by atoms with E-state index >= 15 is 0 Å². The predicted octanol–water partition coefficient (Wildman–Crippen LogP) is 2.07. The molecular weight excluding hydrogens is 725 g/mol. The summed E-state index contributed by atoms with van der Waals surface area (Å²) < 4.78 is 12.0. The summed E-state index contributed by atoms with van der Waals surface area (Å²) in [6.45, 7) is 0. The van der Waals surface area contributed by atoms with Crippen molar-refractivity contribution in [3.8, 4) is 0 Å². The summed E-state index contributed by atoms with van der Waals surface area (Å²) in [5.74, 6) is 0. The third kappa shape index (κ3) is 2.27. The van der Waals surface area contributed by atoms with Crippen molar-refractivity contribution in [1.82, 2.24) is 0 Å². The van der Waals surface area contributed by atoms with Gasteiger partial charge in [0.15, 0.2) is 0 Å². The van der Waals surface area contributed by atoms with E-state index in [-0.39, 0.29) is 0 Å². The first-order valence-corrected chi connectivity index (χ1v) is 5.53. The maximum absolute atomic E-state index is 12.0. The number of rotatable bonds is 2. The van der Waals surface area contributed by atoms with Crippen molar-refractivity contribution in [2.45, 2.75) is 0 Å². The van der Waals surface area contributed by atoms with Gasteiger partial charge in [0.05, 0.1) is 10.6 Å². The van der Waals surface area contributed by atoms with Gasteiger partial charge in [0.25, 0.3) is 7.80 Å². The SMILES string of the molecule is O=[P+](c1c[c-]ccc1)c1c[c-]ccc1.[Rf].[Rf]. The molecule has 0 spiro atoms. The fourth-order valence-corrected chi connectivity index (χ4v) is 2.29. The first-order chi connectivity index (χ1) is 6.88. The van der Waals surface area contributed by atoms with Gasteiger partial charge in [0.1, 0.15) is 0 Å². The topological polar surface area (TPSA) is 17.1 Å². The summed E-state index contributed by atoms with van der Waals surface area (Å²) in [7, 11) is -1.48. The van der Waals surface area contributed by atoms with Gasteiger partial charge in [-0.15, -0.1) is 24.3 Å². The Labute approximate surface area is 84.2 Å². The molecule has 16 heavy (non-hydrogen) atoms. The van der Waals surface area contributed by atoms with Crippen molar-refractivity contribution in [1.29, 1.82) is 0 Å². The molecule has 72 valence electrons. The number of benzene rings is 2. The smallest absolute Gasteiger partial charge is 0.179 e. The minimum Gasteiger partial charge on any atom is -0.179 e. The van der Waals surface area contributed by atoms with Crippen LogP contribution in [0.2, 0.25) is 0 Å². The van der Waals surface area contributed by atoms with Crippen LogP contribution >= 0.6 is 7.80 Å². The van der Waals surface area contributed by atoms with Crippen molar-refractivity contribution >= 4 is 18.4 Å². The molecule has 0 aliphatic heterocycles. The van der Waals surface area contributed by atoms with Crippen LogP contribution in [0.3, 0.4) is 0 Å². The van der Waals surface area contributed by atoms with Crippen molar-refractivity contribution in [3.63, 3.8) is 0 Å². The zero-order valence-corrected chi connectivity index (χ0v) is 22.6. The van der Waals surface area contributed by atoms with E-state index in [0.29, 0.717) is 0 Å². The minimum absolute atomic E-state index is 0.